The topological polar surface area (TPSA) is 116 Å². The molecule has 0 aromatic carbocycles. The first-order valence-electron chi connectivity index (χ1n) is 5.61. The van der Waals surface area contributed by atoms with E-state index in [1.807, 2.05) is 0 Å². The molecular formula is C11H16N2O5. The molecule has 1 saturated heterocycles. The highest BCUT2D eigenvalue weighted by atomic mass is 16.6. The molecule has 2 aliphatic rings. The molecule has 0 radical (unpaired) electrons. The van der Waals surface area contributed by atoms with Crippen LogP contribution in [-0.4, -0.2) is 63.8 Å². The first-order valence-corrected chi connectivity index (χ1v) is 5.61. The van der Waals surface area contributed by atoms with Crippen LogP contribution in [0.4, 0.5) is 0 Å². The van der Waals surface area contributed by atoms with Crippen molar-refractivity contribution < 1.29 is 24.9 Å². The summed E-state index contributed by atoms with van der Waals surface area (Å²) in [7, 11) is 0. The third-order valence-corrected chi connectivity index (χ3v) is 3.05. The number of nitrogens with two attached hydrogens (primary N) is 1. The summed E-state index contributed by atoms with van der Waals surface area (Å²) < 4.78 is 5.35. The zero-order valence-corrected chi connectivity index (χ0v) is 9.64. The second-order valence-electron chi connectivity index (χ2n) is 4.28. The predicted molar refractivity (Wildman–Crippen MR) is 60.9 cm³/mol. The summed E-state index contributed by atoms with van der Waals surface area (Å²) in [5, 5.41) is 28.5. The van der Waals surface area contributed by atoms with Gasteiger partial charge in [0.25, 0.3) is 0 Å². The average Bonchev–Trinajstić information content (AvgIpc) is 2.66. The summed E-state index contributed by atoms with van der Waals surface area (Å²) in [6, 6.07) is 0. The highest BCUT2D eigenvalue weighted by molar-refractivity contribution is 5.94. The number of hydrogen-bond acceptors (Lipinski definition) is 6. The van der Waals surface area contributed by atoms with Crippen molar-refractivity contribution in [3.63, 3.8) is 0 Å². The Bertz CT molecular complexity index is 395. The monoisotopic (exact) mass is 256 g/mol. The van der Waals surface area contributed by atoms with Crippen molar-refractivity contribution in [2.45, 2.75) is 24.5 Å². The lowest BCUT2D eigenvalue weighted by atomic mass is 10.1. The molecule has 0 aromatic heterocycles. The van der Waals surface area contributed by atoms with Gasteiger partial charge in [0.05, 0.1) is 12.2 Å². The van der Waals surface area contributed by atoms with Crippen molar-refractivity contribution in [3.8, 4) is 0 Å². The Kier molecular flexibility index (Phi) is 3.67. The Labute approximate surface area is 104 Å². The normalized spacial score (nSPS) is 35.7. The molecule has 18 heavy (non-hydrogen) atoms. The quantitative estimate of drug-likeness (QED) is 0.450. The molecule has 2 aliphatic heterocycles. The molecule has 1 unspecified atom stereocenters. The Morgan fingerprint density at radius 1 is 1.50 bits per heavy atom. The Hall–Kier alpha value is -1.41. The highest BCUT2D eigenvalue weighted by Crippen LogP contribution is 2.25. The maximum absolute atomic E-state index is 11.1. The summed E-state index contributed by atoms with van der Waals surface area (Å²) in [5.74, 6) is -0.581. The number of primary amides is 1. The second-order valence-corrected chi connectivity index (χ2v) is 4.28. The van der Waals surface area contributed by atoms with Gasteiger partial charge in [0, 0.05) is 12.7 Å². The molecule has 2 rings (SSSR count). The van der Waals surface area contributed by atoms with Crippen LogP contribution in [0.2, 0.25) is 0 Å². The van der Waals surface area contributed by atoms with E-state index >= 15 is 0 Å². The van der Waals surface area contributed by atoms with Gasteiger partial charge in [-0.3, -0.25) is 4.79 Å². The lowest BCUT2D eigenvalue weighted by Crippen LogP contribution is -2.42. The van der Waals surface area contributed by atoms with Gasteiger partial charge in [-0.25, -0.2) is 0 Å². The van der Waals surface area contributed by atoms with Crippen molar-refractivity contribution in [2.24, 2.45) is 5.73 Å². The van der Waals surface area contributed by atoms with Crippen LogP contribution in [0.25, 0.3) is 0 Å². The third kappa shape index (κ3) is 2.25. The molecule has 0 aromatic rings. The predicted octanol–water partition coefficient (Wildman–Crippen LogP) is -2.33. The van der Waals surface area contributed by atoms with Crippen LogP contribution < -0.4 is 5.73 Å². The van der Waals surface area contributed by atoms with Crippen molar-refractivity contribution >= 4 is 5.91 Å². The van der Waals surface area contributed by atoms with E-state index in [2.05, 4.69) is 0 Å². The van der Waals surface area contributed by atoms with Crippen molar-refractivity contribution in [2.75, 3.05) is 13.2 Å². The van der Waals surface area contributed by atoms with Crippen molar-refractivity contribution in [1.82, 2.24) is 4.90 Å². The molecule has 0 saturated carbocycles. The molecule has 100 valence electrons. The first kappa shape index (κ1) is 13.0. The lowest BCUT2D eigenvalue weighted by Gasteiger charge is -2.30. The fraction of sp³-hybridized carbons (Fsp3) is 0.545. The van der Waals surface area contributed by atoms with E-state index in [9.17, 15) is 15.0 Å². The first-order chi connectivity index (χ1) is 8.54. The van der Waals surface area contributed by atoms with Crippen LogP contribution >= 0.6 is 0 Å². The molecule has 0 aliphatic carbocycles. The van der Waals surface area contributed by atoms with Crippen LogP contribution in [-0.2, 0) is 9.53 Å². The van der Waals surface area contributed by atoms with Gasteiger partial charge in [0.1, 0.15) is 18.3 Å². The fourth-order valence-corrected chi connectivity index (χ4v) is 2.05. The minimum Gasteiger partial charge on any atom is -0.394 e. The molecule has 7 heteroatoms. The molecule has 0 spiro atoms. The van der Waals surface area contributed by atoms with Gasteiger partial charge < -0.3 is 30.7 Å². The zero-order valence-electron chi connectivity index (χ0n) is 9.64. The van der Waals surface area contributed by atoms with E-state index in [-0.39, 0.29) is 6.61 Å². The van der Waals surface area contributed by atoms with E-state index in [4.69, 9.17) is 15.6 Å². The SMILES string of the molecule is NC(=O)C1=CN([C@@H]2O[C@H](CO)[C@H](O)C2O)CC=C1. The number of rotatable bonds is 3. The molecule has 7 nitrogen and oxygen atoms in total. The standard InChI is InChI=1S/C11H16N2O5/c12-10(17)6-2-1-3-13(4-6)11-9(16)8(15)7(5-14)18-11/h1-2,4,7-9,11,14-16H,3,5H2,(H2,12,17)/t7-,8+,9?,11-/m1/s1. The lowest BCUT2D eigenvalue weighted by molar-refractivity contribution is -0.114. The molecule has 1 amide bonds. The van der Waals surface area contributed by atoms with Gasteiger partial charge in [-0.15, -0.1) is 0 Å². The van der Waals surface area contributed by atoms with E-state index in [0.29, 0.717) is 12.1 Å². The van der Waals surface area contributed by atoms with Gasteiger partial charge in [-0.1, -0.05) is 12.2 Å². The summed E-state index contributed by atoms with van der Waals surface area (Å²) in [6.45, 7) is 0.0359. The molecule has 5 N–H and O–H groups in total. The summed E-state index contributed by atoms with van der Waals surface area (Å²) in [6.07, 6.45) is 0.811. The third-order valence-electron chi connectivity index (χ3n) is 3.05. The van der Waals surface area contributed by atoms with E-state index < -0.39 is 30.4 Å². The minimum atomic E-state index is -1.16. The van der Waals surface area contributed by atoms with Crippen LogP contribution in [0.15, 0.2) is 23.9 Å². The number of aliphatic hydroxyl groups excluding tert-OH is 3. The van der Waals surface area contributed by atoms with Crippen molar-refractivity contribution in [1.29, 1.82) is 0 Å². The largest absolute Gasteiger partial charge is 0.394 e. The molecular weight excluding hydrogens is 240 g/mol. The number of nitrogens with zero attached hydrogens (tertiary/aromatic N) is 1. The van der Waals surface area contributed by atoms with Crippen LogP contribution in [0.5, 0.6) is 0 Å². The van der Waals surface area contributed by atoms with Gasteiger partial charge >= 0.3 is 0 Å². The Balaban J connectivity index is 2.13. The van der Waals surface area contributed by atoms with Crippen molar-refractivity contribution in [3.05, 3.63) is 23.9 Å². The van der Waals surface area contributed by atoms with Gasteiger partial charge in [0.2, 0.25) is 5.91 Å². The maximum Gasteiger partial charge on any atom is 0.250 e. The van der Waals surface area contributed by atoms with Crippen LogP contribution in [0, 0.1) is 0 Å². The zero-order chi connectivity index (χ0) is 13.3. The number of hydrogen-bond donors (Lipinski definition) is 4. The Morgan fingerprint density at radius 3 is 2.78 bits per heavy atom. The van der Waals surface area contributed by atoms with E-state index in [1.165, 1.54) is 6.20 Å². The van der Waals surface area contributed by atoms with Gasteiger partial charge in [-0.05, 0) is 0 Å². The minimum absolute atomic E-state index is 0.291. The second kappa shape index (κ2) is 5.07. The number of aliphatic hydroxyl groups is 3. The van der Waals surface area contributed by atoms with Crippen LogP contribution in [0.1, 0.15) is 0 Å². The molecule has 0 bridgehead atoms. The summed E-state index contributed by atoms with van der Waals surface area (Å²) in [5.41, 5.74) is 5.46. The number of carbonyl (C=O) groups excluding carboxylic acids is 1. The number of amides is 1. The number of carbonyl (C=O) groups is 1. The summed E-state index contributed by atoms with van der Waals surface area (Å²) >= 11 is 0. The Morgan fingerprint density at radius 2 is 2.22 bits per heavy atom. The van der Waals surface area contributed by atoms with E-state index in [0.717, 1.165) is 0 Å². The maximum atomic E-state index is 11.1. The van der Waals surface area contributed by atoms with E-state index in [1.54, 1.807) is 17.1 Å². The van der Waals surface area contributed by atoms with Gasteiger partial charge in [0.15, 0.2) is 6.23 Å². The smallest absolute Gasteiger partial charge is 0.250 e. The number of ether oxygens (including phenoxy) is 1. The average molecular weight is 256 g/mol. The molecule has 2 heterocycles. The molecule has 4 atom stereocenters. The summed E-state index contributed by atoms with van der Waals surface area (Å²) in [4.78, 5) is 12.6. The fourth-order valence-electron chi connectivity index (χ4n) is 2.05. The highest BCUT2D eigenvalue weighted by Gasteiger charge is 2.44. The van der Waals surface area contributed by atoms with Crippen LogP contribution in [0.3, 0.4) is 0 Å². The molecule has 1 fully saturated rings. The van der Waals surface area contributed by atoms with Gasteiger partial charge in [-0.2, -0.15) is 0 Å².